The second kappa shape index (κ2) is 5.28. The van der Waals surface area contributed by atoms with Crippen molar-refractivity contribution < 1.29 is 4.74 Å². The van der Waals surface area contributed by atoms with E-state index in [1.54, 1.807) is 0 Å². The minimum Gasteiger partial charge on any atom is -0.377 e. The van der Waals surface area contributed by atoms with Gasteiger partial charge in [-0.3, -0.25) is 0 Å². The highest BCUT2D eigenvalue weighted by atomic mass is 16.5. The number of likely N-dealkylation sites (N-methyl/N-ethyl adjacent to an activating group) is 1. The molecule has 1 fully saturated rings. The summed E-state index contributed by atoms with van der Waals surface area (Å²) in [7, 11) is 2.19. The van der Waals surface area contributed by atoms with Gasteiger partial charge >= 0.3 is 0 Å². The number of hydrogen-bond donors (Lipinski definition) is 1. The van der Waals surface area contributed by atoms with E-state index in [4.69, 9.17) is 10.5 Å². The van der Waals surface area contributed by atoms with Gasteiger partial charge in [0.1, 0.15) is 0 Å². The molecule has 1 saturated heterocycles. The molecule has 0 aromatic carbocycles. The molecule has 1 rings (SSSR count). The highest BCUT2D eigenvalue weighted by Gasteiger charge is 2.27. The largest absolute Gasteiger partial charge is 0.377 e. The van der Waals surface area contributed by atoms with E-state index in [0.29, 0.717) is 12.1 Å². The van der Waals surface area contributed by atoms with Crippen LogP contribution in [0.25, 0.3) is 0 Å². The normalized spacial score (nSPS) is 27.6. The van der Waals surface area contributed by atoms with E-state index in [0.717, 1.165) is 19.6 Å². The van der Waals surface area contributed by atoms with Crippen molar-refractivity contribution in [1.29, 1.82) is 0 Å². The second-order valence-electron chi connectivity index (χ2n) is 5.50. The summed E-state index contributed by atoms with van der Waals surface area (Å²) in [4.78, 5) is 2.42. The number of ether oxygens (including phenoxy) is 1. The van der Waals surface area contributed by atoms with Crippen LogP contribution in [-0.4, -0.2) is 42.8 Å². The molecule has 0 spiro atoms. The predicted octanol–water partition coefficient (Wildman–Crippen LogP) is 1.61. The average molecular weight is 214 g/mol. The Hall–Kier alpha value is -0.120. The maximum atomic E-state index is 5.96. The third-order valence-electron chi connectivity index (χ3n) is 3.23. The molecule has 2 unspecified atom stereocenters. The summed E-state index contributed by atoms with van der Waals surface area (Å²) in [6.07, 6.45) is 3.81. The van der Waals surface area contributed by atoms with Gasteiger partial charge in [-0.05, 0) is 53.6 Å². The molecule has 0 radical (unpaired) electrons. The van der Waals surface area contributed by atoms with Gasteiger partial charge in [0.05, 0.1) is 6.10 Å². The molecule has 3 heteroatoms. The fraction of sp³-hybridized carbons (Fsp3) is 1.00. The lowest BCUT2D eigenvalue weighted by Gasteiger charge is -2.27. The Morgan fingerprint density at radius 3 is 2.60 bits per heavy atom. The Labute approximate surface area is 94.0 Å². The van der Waals surface area contributed by atoms with Crippen molar-refractivity contribution >= 4 is 0 Å². The Morgan fingerprint density at radius 2 is 2.13 bits per heavy atom. The van der Waals surface area contributed by atoms with Crippen molar-refractivity contribution in [2.24, 2.45) is 5.73 Å². The van der Waals surface area contributed by atoms with Crippen LogP contribution >= 0.6 is 0 Å². The smallest absolute Gasteiger partial charge is 0.0702 e. The molecule has 0 saturated carbocycles. The van der Waals surface area contributed by atoms with Gasteiger partial charge in [-0.1, -0.05) is 0 Å². The van der Waals surface area contributed by atoms with Gasteiger partial charge < -0.3 is 15.4 Å². The zero-order chi connectivity index (χ0) is 11.5. The summed E-state index contributed by atoms with van der Waals surface area (Å²) in [6.45, 7) is 8.39. The summed E-state index contributed by atoms with van der Waals surface area (Å²) < 4.78 is 5.57. The summed E-state index contributed by atoms with van der Waals surface area (Å²) >= 11 is 0. The minimum absolute atomic E-state index is 0.0291. The highest BCUT2D eigenvalue weighted by molar-refractivity contribution is 4.81. The van der Waals surface area contributed by atoms with Crippen LogP contribution in [0.5, 0.6) is 0 Å². The topological polar surface area (TPSA) is 38.5 Å². The van der Waals surface area contributed by atoms with E-state index >= 15 is 0 Å². The third-order valence-corrected chi connectivity index (χ3v) is 3.23. The van der Waals surface area contributed by atoms with E-state index in [9.17, 15) is 0 Å². The van der Waals surface area contributed by atoms with Gasteiger partial charge in [-0.15, -0.1) is 0 Å². The summed E-state index contributed by atoms with van der Waals surface area (Å²) in [6, 6.07) is 0.603. The van der Waals surface area contributed by atoms with Crippen molar-refractivity contribution in [3.8, 4) is 0 Å². The Kier molecular flexibility index (Phi) is 4.56. The summed E-state index contributed by atoms with van der Waals surface area (Å²) in [5.41, 5.74) is 5.93. The van der Waals surface area contributed by atoms with Crippen molar-refractivity contribution in [1.82, 2.24) is 4.90 Å². The molecule has 0 bridgehead atoms. The first-order chi connectivity index (χ1) is 6.90. The maximum Gasteiger partial charge on any atom is 0.0702 e. The van der Waals surface area contributed by atoms with Gasteiger partial charge in [0, 0.05) is 18.2 Å². The molecule has 1 aliphatic heterocycles. The zero-order valence-electron chi connectivity index (χ0n) is 10.6. The molecule has 0 amide bonds. The van der Waals surface area contributed by atoms with Crippen LogP contribution in [0.2, 0.25) is 0 Å². The molecule has 0 aliphatic carbocycles. The standard InChI is InChI=1S/C12H26N2O/c1-10-11(6-9-15-10)14(4)8-5-7-12(2,3)13/h10-11H,5-9,13H2,1-4H3. The lowest BCUT2D eigenvalue weighted by atomic mass is 9.99. The van der Waals surface area contributed by atoms with E-state index in [1.807, 2.05) is 0 Å². The fourth-order valence-corrected chi connectivity index (χ4v) is 2.25. The lowest BCUT2D eigenvalue weighted by Crippen LogP contribution is -2.39. The van der Waals surface area contributed by atoms with Gasteiger partial charge in [-0.25, -0.2) is 0 Å². The van der Waals surface area contributed by atoms with E-state index < -0.39 is 0 Å². The molecule has 2 N–H and O–H groups in total. The maximum absolute atomic E-state index is 5.96. The molecule has 1 heterocycles. The molecule has 2 atom stereocenters. The average Bonchev–Trinajstić information content (AvgIpc) is 2.48. The fourth-order valence-electron chi connectivity index (χ4n) is 2.25. The minimum atomic E-state index is -0.0291. The Balaban J connectivity index is 2.21. The lowest BCUT2D eigenvalue weighted by molar-refractivity contribution is 0.0827. The number of rotatable bonds is 5. The highest BCUT2D eigenvalue weighted by Crippen LogP contribution is 2.19. The van der Waals surface area contributed by atoms with Crippen molar-refractivity contribution in [3.63, 3.8) is 0 Å². The predicted molar refractivity (Wildman–Crippen MR) is 63.9 cm³/mol. The van der Waals surface area contributed by atoms with E-state index in [2.05, 4.69) is 32.7 Å². The summed E-state index contributed by atoms with van der Waals surface area (Å²) in [5.74, 6) is 0. The van der Waals surface area contributed by atoms with Crippen molar-refractivity contribution in [2.75, 3.05) is 20.2 Å². The third kappa shape index (κ3) is 4.49. The number of nitrogens with two attached hydrogens (primary N) is 1. The molecule has 1 aliphatic rings. The SMILES string of the molecule is CC1OCCC1N(C)CCCC(C)(C)N. The number of nitrogens with zero attached hydrogens (tertiary/aromatic N) is 1. The van der Waals surface area contributed by atoms with Crippen LogP contribution in [0.3, 0.4) is 0 Å². The van der Waals surface area contributed by atoms with Crippen LogP contribution in [0.15, 0.2) is 0 Å². The molecule has 90 valence electrons. The first kappa shape index (κ1) is 12.9. The van der Waals surface area contributed by atoms with Gasteiger partial charge in [0.25, 0.3) is 0 Å². The first-order valence-electron chi connectivity index (χ1n) is 6.01. The van der Waals surface area contributed by atoms with Gasteiger partial charge in [0.15, 0.2) is 0 Å². The van der Waals surface area contributed by atoms with Crippen LogP contribution in [0.1, 0.15) is 40.0 Å². The Bertz CT molecular complexity index is 189. The van der Waals surface area contributed by atoms with Crippen molar-refractivity contribution in [3.05, 3.63) is 0 Å². The molecular formula is C12H26N2O. The first-order valence-corrected chi connectivity index (χ1v) is 6.01. The molecule has 15 heavy (non-hydrogen) atoms. The van der Waals surface area contributed by atoms with Crippen LogP contribution in [0, 0.1) is 0 Å². The summed E-state index contributed by atoms with van der Waals surface area (Å²) in [5, 5.41) is 0. The molecule has 0 aromatic heterocycles. The van der Waals surface area contributed by atoms with E-state index in [1.165, 1.54) is 12.8 Å². The second-order valence-corrected chi connectivity index (χ2v) is 5.50. The van der Waals surface area contributed by atoms with Crippen LogP contribution in [-0.2, 0) is 4.74 Å². The van der Waals surface area contributed by atoms with Crippen LogP contribution in [0.4, 0.5) is 0 Å². The quantitative estimate of drug-likeness (QED) is 0.755. The zero-order valence-corrected chi connectivity index (χ0v) is 10.6. The molecule has 0 aromatic rings. The Morgan fingerprint density at radius 1 is 1.47 bits per heavy atom. The monoisotopic (exact) mass is 214 g/mol. The number of hydrogen-bond acceptors (Lipinski definition) is 3. The van der Waals surface area contributed by atoms with Crippen LogP contribution < -0.4 is 5.73 Å². The van der Waals surface area contributed by atoms with Crippen molar-refractivity contribution in [2.45, 2.75) is 57.7 Å². The molecule has 3 nitrogen and oxygen atoms in total. The van der Waals surface area contributed by atoms with E-state index in [-0.39, 0.29) is 5.54 Å². The van der Waals surface area contributed by atoms with Gasteiger partial charge in [0.2, 0.25) is 0 Å². The molecular weight excluding hydrogens is 188 g/mol. The van der Waals surface area contributed by atoms with Gasteiger partial charge in [-0.2, -0.15) is 0 Å².